The van der Waals surface area contributed by atoms with E-state index in [1.165, 1.54) is 10.9 Å². The van der Waals surface area contributed by atoms with Crippen molar-refractivity contribution in [3.63, 3.8) is 0 Å². The van der Waals surface area contributed by atoms with Gasteiger partial charge in [-0.1, -0.05) is 24.3 Å². The van der Waals surface area contributed by atoms with Gasteiger partial charge in [-0.05, 0) is 29.1 Å². The van der Waals surface area contributed by atoms with Crippen LogP contribution in [0.1, 0.15) is 11.3 Å². The van der Waals surface area contributed by atoms with Crippen molar-refractivity contribution in [2.75, 3.05) is 0 Å². The van der Waals surface area contributed by atoms with Gasteiger partial charge in [0.25, 0.3) is 0 Å². The van der Waals surface area contributed by atoms with Crippen molar-refractivity contribution in [2.24, 2.45) is 5.73 Å². The second kappa shape index (κ2) is 5.86. The molecule has 0 saturated carbocycles. The second-order valence-electron chi connectivity index (χ2n) is 6.49. The number of nitrogens with one attached hydrogen (secondary N) is 2. The number of nitrogens with two attached hydrogens (primary N) is 1. The summed E-state index contributed by atoms with van der Waals surface area (Å²) in [5.74, 6) is 0. The van der Waals surface area contributed by atoms with Gasteiger partial charge in [-0.2, -0.15) is 5.10 Å². The number of H-pyrrole nitrogens is 2. The van der Waals surface area contributed by atoms with Gasteiger partial charge in [-0.3, -0.25) is 5.10 Å². The largest absolute Gasteiger partial charge is 0.357 e. The number of nitrogens with zero attached hydrogens (tertiary/aromatic N) is 3. The predicted octanol–water partition coefficient (Wildman–Crippen LogP) is 3.41. The van der Waals surface area contributed by atoms with Crippen molar-refractivity contribution in [1.82, 2.24) is 24.7 Å². The van der Waals surface area contributed by atoms with Crippen molar-refractivity contribution in [3.05, 3.63) is 72.4 Å². The first-order valence-corrected chi connectivity index (χ1v) is 8.55. The van der Waals surface area contributed by atoms with Crippen LogP contribution in [0.2, 0.25) is 0 Å². The van der Waals surface area contributed by atoms with Gasteiger partial charge in [0.15, 0.2) is 0 Å². The average molecular weight is 342 g/mol. The van der Waals surface area contributed by atoms with Crippen LogP contribution in [0.3, 0.4) is 0 Å². The Morgan fingerprint density at radius 1 is 1.08 bits per heavy atom. The highest BCUT2D eigenvalue weighted by Gasteiger charge is 2.09. The van der Waals surface area contributed by atoms with E-state index in [1.54, 1.807) is 0 Å². The first kappa shape index (κ1) is 14.9. The van der Waals surface area contributed by atoms with Crippen molar-refractivity contribution >= 4 is 21.8 Å². The lowest BCUT2D eigenvalue weighted by molar-refractivity contribution is 0.798. The zero-order valence-corrected chi connectivity index (χ0v) is 14.1. The molecule has 3 aromatic heterocycles. The number of hydrogen-bond acceptors (Lipinski definition) is 3. The van der Waals surface area contributed by atoms with Crippen molar-refractivity contribution in [1.29, 1.82) is 0 Å². The zero-order valence-electron chi connectivity index (χ0n) is 14.1. The van der Waals surface area contributed by atoms with Crippen LogP contribution in [0.25, 0.3) is 33.1 Å². The van der Waals surface area contributed by atoms with E-state index in [-0.39, 0.29) is 0 Å². The van der Waals surface area contributed by atoms with Crippen LogP contribution in [-0.4, -0.2) is 24.7 Å². The second-order valence-corrected chi connectivity index (χ2v) is 6.49. The Morgan fingerprint density at radius 3 is 2.96 bits per heavy atom. The Kier molecular flexibility index (Phi) is 3.36. The smallest absolute Gasteiger partial charge is 0.0956 e. The monoisotopic (exact) mass is 342 g/mol. The summed E-state index contributed by atoms with van der Waals surface area (Å²) in [6, 6.07) is 14.7. The molecule has 0 aliphatic rings. The lowest BCUT2D eigenvalue weighted by Gasteiger charge is -2.03. The molecule has 3 heterocycles. The maximum absolute atomic E-state index is 5.71. The van der Waals surface area contributed by atoms with E-state index in [9.17, 15) is 0 Å². The van der Waals surface area contributed by atoms with E-state index < -0.39 is 0 Å². The molecule has 0 radical (unpaired) electrons. The molecule has 0 unspecified atom stereocenters. The summed E-state index contributed by atoms with van der Waals surface area (Å²) >= 11 is 0. The Hall–Kier alpha value is -3.38. The summed E-state index contributed by atoms with van der Waals surface area (Å²) < 4.78 is 2.10. The van der Waals surface area contributed by atoms with Gasteiger partial charge in [0, 0.05) is 41.4 Å². The number of benzene rings is 2. The summed E-state index contributed by atoms with van der Waals surface area (Å²) in [5, 5.41) is 9.40. The third-order valence-electron chi connectivity index (χ3n) is 4.72. The molecule has 0 aliphatic heterocycles. The fraction of sp³-hybridized carbons (Fsp3) is 0.100. The Labute approximate surface area is 149 Å². The molecule has 6 nitrogen and oxygen atoms in total. The first-order valence-electron chi connectivity index (χ1n) is 8.55. The highest BCUT2D eigenvalue weighted by Crippen LogP contribution is 2.26. The first-order chi connectivity index (χ1) is 12.8. The van der Waals surface area contributed by atoms with Gasteiger partial charge < -0.3 is 15.3 Å². The standard InChI is InChI=1S/C20H18N6/c21-8-15-7-14-5-4-13(6-19(14)24-15)10-26-11-20(22-12-26)16-2-1-3-18-17(16)9-23-25-18/h1-7,9,11-12,24H,8,10,21H2,(H,23,25). The van der Waals surface area contributed by atoms with Crippen LogP contribution in [0.4, 0.5) is 0 Å². The van der Waals surface area contributed by atoms with Crippen LogP contribution >= 0.6 is 0 Å². The van der Waals surface area contributed by atoms with Crippen molar-refractivity contribution in [3.8, 4) is 11.3 Å². The Morgan fingerprint density at radius 2 is 2.04 bits per heavy atom. The van der Waals surface area contributed by atoms with Crippen molar-refractivity contribution < 1.29 is 0 Å². The minimum absolute atomic E-state index is 0.522. The molecular formula is C20H18N6. The number of imidazole rings is 1. The summed E-state index contributed by atoms with van der Waals surface area (Å²) in [6.45, 7) is 1.29. The average Bonchev–Trinajstić information content (AvgIpc) is 3.39. The predicted molar refractivity (Wildman–Crippen MR) is 103 cm³/mol. The molecule has 5 rings (SSSR count). The van der Waals surface area contributed by atoms with Gasteiger partial charge in [0.2, 0.25) is 0 Å². The summed E-state index contributed by atoms with van der Waals surface area (Å²) in [7, 11) is 0. The molecule has 0 fully saturated rings. The summed E-state index contributed by atoms with van der Waals surface area (Å²) in [4.78, 5) is 7.95. The normalized spacial score (nSPS) is 11.6. The molecule has 0 spiro atoms. The van der Waals surface area contributed by atoms with Gasteiger partial charge >= 0.3 is 0 Å². The molecule has 6 heteroatoms. The van der Waals surface area contributed by atoms with E-state index in [1.807, 2.05) is 24.7 Å². The van der Waals surface area contributed by atoms with Gasteiger partial charge in [-0.15, -0.1) is 0 Å². The molecular weight excluding hydrogens is 324 g/mol. The number of aromatic nitrogens is 5. The fourth-order valence-electron chi connectivity index (χ4n) is 3.43. The van der Waals surface area contributed by atoms with Gasteiger partial charge in [0.05, 0.1) is 23.7 Å². The number of fused-ring (bicyclic) bond motifs is 2. The number of aromatic amines is 2. The highest BCUT2D eigenvalue weighted by atomic mass is 15.1. The maximum Gasteiger partial charge on any atom is 0.0956 e. The summed E-state index contributed by atoms with van der Waals surface area (Å²) in [5.41, 5.74) is 12.2. The van der Waals surface area contributed by atoms with E-state index in [0.29, 0.717) is 6.54 Å². The molecule has 2 aromatic carbocycles. The lowest BCUT2D eigenvalue weighted by atomic mass is 10.1. The topological polar surface area (TPSA) is 88.3 Å². The Balaban J connectivity index is 1.46. The molecule has 0 amide bonds. The minimum atomic E-state index is 0.522. The van der Waals surface area contributed by atoms with Crippen LogP contribution in [0.5, 0.6) is 0 Å². The van der Waals surface area contributed by atoms with Gasteiger partial charge in [0.1, 0.15) is 0 Å². The molecule has 5 aromatic rings. The molecule has 0 saturated heterocycles. The van der Waals surface area contributed by atoms with Crippen LogP contribution < -0.4 is 5.73 Å². The third-order valence-corrected chi connectivity index (χ3v) is 4.72. The minimum Gasteiger partial charge on any atom is -0.357 e. The molecule has 26 heavy (non-hydrogen) atoms. The van der Waals surface area contributed by atoms with E-state index >= 15 is 0 Å². The molecule has 4 N–H and O–H groups in total. The quantitative estimate of drug-likeness (QED) is 0.467. The number of hydrogen-bond donors (Lipinski definition) is 3. The fourth-order valence-corrected chi connectivity index (χ4v) is 3.43. The van der Waals surface area contributed by atoms with E-state index in [4.69, 9.17) is 5.73 Å². The van der Waals surface area contributed by atoms with Gasteiger partial charge in [-0.25, -0.2) is 4.98 Å². The summed E-state index contributed by atoms with van der Waals surface area (Å²) in [6.07, 6.45) is 5.79. The lowest BCUT2D eigenvalue weighted by Crippen LogP contribution is -1.96. The van der Waals surface area contributed by atoms with Crippen LogP contribution in [0.15, 0.2) is 61.2 Å². The highest BCUT2D eigenvalue weighted by molar-refractivity contribution is 5.93. The Bertz CT molecular complexity index is 1210. The van der Waals surface area contributed by atoms with E-state index in [0.717, 1.165) is 39.9 Å². The van der Waals surface area contributed by atoms with Crippen molar-refractivity contribution in [2.45, 2.75) is 13.1 Å². The van der Waals surface area contributed by atoms with Crippen LogP contribution in [-0.2, 0) is 13.1 Å². The molecule has 0 atom stereocenters. The van der Waals surface area contributed by atoms with E-state index in [2.05, 4.69) is 61.3 Å². The third kappa shape index (κ3) is 2.48. The SMILES string of the molecule is NCc1cc2ccc(Cn3cnc(-c4cccc5[nH]ncc45)c3)cc2[nH]1. The molecule has 128 valence electrons. The molecule has 0 aliphatic carbocycles. The zero-order chi connectivity index (χ0) is 17.5. The number of rotatable bonds is 4. The maximum atomic E-state index is 5.71. The molecule has 0 bridgehead atoms. The van der Waals surface area contributed by atoms with Crippen LogP contribution in [0, 0.1) is 0 Å².